The third-order valence-corrected chi connectivity index (χ3v) is 9.48. The van der Waals surface area contributed by atoms with Crippen molar-refractivity contribution >= 4 is 21.9 Å². The molecule has 9 aromatic rings. The Morgan fingerprint density at radius 1 is 0.431 bits per heavy atom. The van der Waals surface area contributed by atoms with Gasteiger partial charge in [-0.2, -0.15) is 0 Å². The van der Waals surface area contributed by atoms with Crippen LogP contribution in [-0.2, 0) is 0 Å². The molecule has 0 aliphatic rings. The van der Waals surface area contributed by atoms with E-state index in [4.69, 9.17) is 19.1 Å². The van der Waals surface area contributed by atoms with Gasteiger partial charge in [0.15, 0.2) is 0 Å². The van der Waals surface area contributed by atoms with E-state index in [2.05, 4.69) is 133 Å². The summed E-state index contributed by atoms with van der Waals surface area (Å²) in [6.07, 6.45) is 1.80. The molecule has 0 spiro atoms. The quantitative estimate of drug-likeness (QED) is 0.171. The van der Waals surface area contributed by atoms with Crippen molar-refractivity contribution in [3.05, 3.63) is 176 Å². The number of rotatable bonds is 7. The summed E-state index contributed by atoms with van der Waals surface area (Å²) in [5.74, 6) is 0.790. The van der Waals surface area contributed by atoms with Crippen LogP contribution in [0.1, 0.15) is 0 Å². The summed E-state index contributed by atoms with van der Waals surface area (Å²) in [5, 5.41) is 1.99. The van der Waals surface area contributed by atoms with Gasteiger partial charge in [-0.1, -0.05) is 133 Å². The molecule has 0 aliphatic carbocycles. The van der Waals surface area contributed by atoms with Gasteiger partial charge in [-0.15, -0.1) is 0 Å². The number of pyridine rings is 2. The van der Waals surface area contributed by atoms with Crippen molar-refractivity contribution in [3.8, 4) is 72.9 Å². The Bertz CT molecular complexity index is 2570. The fraction of sp³-hybridized carbons (Fsp3) is 0.0213. The molecule has 0 atom stereocenters. The van der Waals surface area contributed by atoms with Gasteiger partial charge in [-0.25, -0.2) is 4.98 Å². The van der Waals surface area contributed by atoms with Gasteiger partial charge < -0.3 is 9.15 Å². The molecular formula is C47H32N2O2. The second-order valence-corrected chi connectivity index (χ2v) is 12.6. The highest BCUT2D eigenvalue weighted by atomic mass is 16.5. The molecule has 0 saturated heterocycles. The lowest BCUT2D eigenvalue weighted by molar-refractivity contribution is 0.415. The van der Waals surface area contributed by atoms with Crippen LogP contribution in [0.2, 0.25) is 0 Å². The molecular weight excluding hydrogens is 625 g/mol. The number of benzene rings is 6. The van der Waals surface area contributed by atoms with Gasteiger partial charge in [-0.3, -0.25) is 4.98 Å². The molecule has 0 aliphatic heterocycles. The van der Waals surface area contributed by atoms with Crippen LogP contribution in [0.15, 0.2) is 180 Å². The summed E-state index contributed by atoms with van der Waals surface area (Å²) >= 11 is 0. The van der Waals surface area contributed by atoms with Crippen LogP contribution in [0.3, 0.4) is 0 Å². The number of fused-ring (bicyclic) bond motifs is 3. The highest BCUT2D eigenvalue weighted by molar-refractivity contribution is 6.11. The van der Waals surface area contributed by atoms with Gasteiger partial charge in [-0.05, 0) is 69.8 Å². The lowest BCUT2D eigenvalue weighted by Gasteiger charge is -2.11. The van der Waals surface area contributed by atoms with Crippen molar-refractivity contribution in [2.45, 2.75) is 0 Å². The first-order chi connectivity index (χ1) is 25.2. The van der Waals surface area contributed by atoms with Crippen LogP contribution in [0.25, 0.3) is 89.1 Å². The first-order valence-electron chi connectivity index (χ1n) is 17.0. The van der Waals surface area contributed by atoms with Gasteiger partial charge in [0.05, 0.1) is 29.6 Å². The molecule has 0 bridgehead atoms. The van der Waals surface area contributed by atoms with Gasteiger partial charge in [0.25, 0.3) is 0 Å². The lowest BCUT2D eigenvalue weighted by atomic mass is 9.96. The van der Waals surface area contributed by atoms with E-state index in [1.165, 1.54) is 11.1 Å². The van der Waals surface area contributed by atoms with Crippen LogP contribution in [0.5, 0.6) is 5.75 Å². The largest absolute Gasteiger partial charge is 0.497 e. The highest BCUT2D eigenvalue weighted by Crippen LogP contribution is 2.38. The maximum Gasteiger partial charge on any atom is 0.139 e. The Kier molecular flexibility index (Phi) is 7.67. The molecule has 3 heterocycles. The summed E-state index contributed by atoms with van der Waals surface area (Å²) in [7, 11) is 1.68. The van der Waals surface area contributed by atoms with Crippen LogP contribution >= 0.6 is 0 Å². The molecule has 0 fully saturated rings. The second-order valence-electron chi connectivity index (χ2n) is 12.6. The SMILES string of the molecule is COc1ccc2oc3ccnc(-c4ccc(-c5ccc(-c6ccc(-c7cc(-c8ccccc8)nc(-c8ccccc8)c7)cc6)cc5)cc4)c3c2c1. The maximum atomic E-state index is 6.13. The first-order valence-corrected chi connectivity index (χ1v) is 17.0. The van der Waals surface area contributed by atoms with E-state index in [1.807, 2.05) is 36.4 Å². The monoisotopic (exact) mass is 656 g/mol. The van der Waals surface area contributed by atoms with Crippen molar-refractivity contribution in [3.63, 3.8) is 0 Å². The Hall–Kier alpha value is -6.78. The topological polar surface area (TPSA) is 48.2 Å². The standard InChI is InChI=1S/C47H32N2O2/c1-50-40-24-25-44-41(30-40)46-45(51-44)26-27-48-47(46)38-22-20-34(21-23-38)32-14-12-31(13-15-32)33-16-18-35(19-17-33)39-28-42(36-8-4-2-5-9-36)49-43(29-39)37-10-6-3-7-11-37/h2-30H,1H3. The fourth-order valence-corrected chi connectivity index (χ4v) is 6.79. The minimum atomic E-state index is 0.790. The number of furan rings is 1. The third-order valence-electron chi connectivity index (χ3n) is 9.48. The number of nitrogens with zero attached hydrogens (tertiary/aromatic N) is 2. The van der Waals surface area contributed by atoms with Gasteiger partial charge >= 0.3 is 0 Å². The summed E-state index contributed by atoms with van der Waals surface area (Å²) < 4.78 is 11.6. The van der Waals surface area contributed by atoms with E-state index in [-0.39, 0.29) is 0 Å². The molecule has 0 amide bonds. The zero-order valence-corrected chi connectivity index (χ0v) is 28.0. The molecule has 242 valence electrons. The van der Waals surface area contributed by atoms with E-state index in [0.29, 0.717) is 0 Å². The Morgan fingerprint density at radius 2 is 0.922 bits per heavy atom. The van der Waals surface area contributed by atoms with E-state index in [0.717, 1.165) is 83.7 Å². The Labute approximate surface area is 296 Å². The average molecular weight is 657 g/mol. The third kappa shape index (κ3) is 5.83. The fourth-order valence-electron chi connectivity index (χ4n) is 6.79. The van der Waals surface area contributed by atoms with Crippen molar-refractivity contribution < 1.29 is 9.15 Å². The molecule has 9 rings (SSSR count). The van der Waals surface area contributed by atoms with Crippen molar-refractivity contribution in [2.75, 3.05) is 7.11 Å². The summed E-state index contributed by atoms with van der Waals surface area (Å²) in [5.41, 5.74) is 14.6. The molecule has 0 saturated carbocycles. The van der Waals surface area contributed by atoms with Crippen molar-refractivity contribution in [1.82, 2.24) is 9.97 Å². The smallest absolute Gasteiger partial charge is 0.139 e. The minimum Gasteiger partial charge on any atom is -0.497 e. The summed E-state index contributed by atoms with van der Waals surface area (Å²) in [6, 6.07) is 59.1. The molecule has 51 heavy (non-hydrogen) atoms. The van der Waals surface area contributed by atoms with E-state index in [9.17, 15) is 0 Å². The van der Waals surface area contributed by atoms with Crippen LogP contribution in [-0.4, -0.2) is 17.1 Å². The Balaban J connectivity index is 0.980. The maximum absolute atomic E-state index is 6.13. The number of methoxy groups -OCH3 is 1. The highest BCUT2D eigenvalue weighted by Gasteiger charge is 2.15. The minimum absolute atomic E-state index is 0.790. The molecule has 4 heteroatoms. The molecule has 6 aromatic carbocycles. The van der Waals surface area contributed by atoms with Gasteiger partial charge in [0, 0.05) is 28.3 Å². The number of aromatic nitrogens is 2. The lowest BCUT2D eigenvalue weighted by Crippen LogP contribution is -1.91. The number of hydrogen-bond acceptors (Lipinski definition) is 4. The molecule has 0 N–H and O–H groups in total. The predicted molar refractivity (Wildman–Crippen MR) is 208 cm³/mol. The predicted octanol–water partition coefficient (Wildman–Crippen LogP) is 12.4. The first kappa shape index (κ1) is 30.3. The normalized spacial score (nSPS) is 11.2. The van der Waals surface area contributed by atoms with Crippen LogP contribution in [0.4, 0.5) is 0 Å². The van der Waals surface area contributed by atoms with E-state index < -0.39 is 0 Å². The second kappa shape index (κ2) is 12.9. The van der Waals surface area contributed by atoms with E-state index >= 15 is 0 Å². The van der Waals surface area contributed by atoms with Gasteiger partial charge in [0.1, 0.15) is 16.9 Å². The van der Waals surface area contributed by atoms with Crippen molar-refractivity contribution in [2.24, 2.45) is 0 Å². The van der Waals surface area contributed by atoms with E-state index in [1.54, 1.807) is 13.3 Å². The molecule has 0 radical (unpaired) electrons. The van der Waals surface area contributed by atoms with Gasteiger partial charge in [0.2, 0.25) is 0 Å². The summed E-state index contributed by atoms with van der Waals surface area (Å²) in [4.78, 5) is 9.79. The molecule has 0 unspecified atom stereocenters. The molecule has 4 nitrogen and oxygen atoms in total. The van der Waals surface area contributed by atoms with Crippen molar-refractivity contribution in [1.29, 1.82) is 0 Å². The zero-order chi connectivity index (χ0) is 34.1. The molecule has 3 aromatic heterocycles. The number of hydrogen-bond donors (Lipinski definition) is 0. The zero-order valence-electron chi connectivity index (χ0n) is 28.0. The number of ether oxygens (including phenoxy) is 1. The van der Waals surface area contributed by atoms with Crippen LogP contribution in [0, 0.1) is 0 Å². The Morgan fingerprint density at radius 3 is 1.43 bits per heavy atom. The average Bonchev–Trinajstić information content (AvgIpc) is 3.60. The summed E-state index contributed by atoms with van der Waals surface area (Å²) in [6.45, 7) is 0. The van der Waals surface area contributed by atoms with Crippen LogP contribution < -0.4 is 4.74 Å².